The van der Waals surface area contributed by atoms with E-state index in [2.05, 4.69) is 11.4 Å². The lowest BCUT2D eigenvalue weighted by molar-refractivity contribution is 0.0995. The highest BCUT2D eigenvalue weighted by Crippen LogP contribution is 2.13. The van der Waals surface area contributed by atoms with E-state index in [4.69, 9.17) is 9.68 Å². The number of rotatable bonds is 4. The fourth-order valence-electron chi connectivity index (χ4n) is 1.68. The molecule has 0 saturated carbocycles. The summed E-state index contributed by atoms with van der Waals surface area (Å²) in [6.07, 6.45) is 1.13. The normalized spacial score (nSPS) is 9.89. The molecule has 0 radical (unpaired) electrons. The Morgan fingerprint density at radius 2 is 2.00 bits per heavy atom. The minimum absolute atomic E-state index is 0.271. The van der Waals surface area contributed by atoms with Gasteiger partial charge >= 0.3 is 0 Å². The fraction of sp³-hybridized carbons (Fsp3) is 0.200. The maximum Gasteiger partial charge on any atom is 0.291 e. The fourth-order valence-corrected chi connectivity index (χ4v) is 1.68. The Balaban J connectivity index is 2.04. The van der Waals surface area contributed by atoms with E-state index >= 15 is 0 Å². The van der Waals surface area contributed by atoms with E-state index in [0.29, 0.717) is 17.9 Å². The van der Waals surface area contributed by atoms with E-state index in [1.807, 2.05) is 19.1 Å². The number of carbonyl (C=O) groups is 1. The number of nitriles is 1. The van der Waals surface area contributed by atoms with Gasteiger partial charge in [-0.05, 0) is 29.8 Å². The van der Waals surface area contributed by atoms with Gasteiger partial charge in [0.25, 0.3) is 5.91 Å². The van der Waals surface area contributed by atoms with Crippen LogP contribution in [0.5, 0.6) is 0 Å². The first-order valence-electron chi connectivity index (χ1n) is 6.09. The molecule has 2 rings (SSSR count). The van der Waals surface area contributed by atoms with Crippen LogP contribution in [0.1, 0.15) is 28.8 Å². The van der Waals surface area contributed by atoms with Crippen molar-refractivity contribution in [2.24, 2.45) is 0 Å². The van der Waals surface area contributed by atoms with Crippen LogP contribution in [-0.2, 0) is 12.8 Å². The van der Waals surface area contributed by atoms with Crippen molar-refractivity contribution in [3.8, 4) is 6.07 Å². The molecule has 1 amide bonds. The van der Waals surface area contributed by atoms with Crippen LogP contribution in [0.4, 0.5) is 5.69 Å². The van der Waals surface area contributed by atoms with Crippen LogP contribution in [0.3, 0.4) is 0 Å². The van der Waals surface area contributed by atoms with Crippen LogP contribution >= 0.6 is 0 Å². The lowest BCUT2D eigenvalue weighted by atomic mass is 10.1. The van der Waals surface area contributed by atoms with Crippen molar-refractivity contribution in [3.63, 3.8) is 0 Å². The minimum atomic E-state index is -0.271. The highest BCUT2D eigenvalue weighted by molar-refractivity contribution is 6.02. The maximum absolute atomic E-state index is 11.9. The van der Waals surface area contributed by atoms with E-state index in [0.717, 1.165) is 17.7 Å². The Hall–Kier alpha value is -2.54. The van der Waals surface area contributed by atoms with Gasteiger partial charge in [-0.25, -0.2) is 0 Å². The average molecular weight is 254 g/mol. The van der Waals surface area contributed by atoms with Gasteiger partial charge in [0.1, 0.15) is 5.76 Å². The third-order valence-electron chi connectivity index (χ3n) is 2.73. The van der Waals surface area contributed by atoms with E-state index in [1.54, 1.807) is 24.3 Å². The van der Waals surface area contributed by atoms with Crippen molar-refractivity contribution in [2.75, 3.05) is 5.32 Å². The van der Waals surface area contributed by atoms with E-state index in [1.165, 1.54) is 0 Å². The first-order valence-corrected chi connectivity index (χ1v) is 6.09. The van der Waals surface area contributed by atoms with Crippen molar-refractivity contribution in [2.45, 2.75) is 19.8 Å². The largest absolute Gasteiger partial charge is 0.456 e. The summed E-state index contributed by atoms with van der Waals surface area (Å²) in [5, 5.41) is 11.3. The number of amides is 1. The number of furan rings is 1. The number of hydrogen-bond acceptors (Lipinski definition) is 3. The number of nitrogens with one attached hydrogen (secondary N) is 1. The number of benzene rings is 1. The number of carbonyl (C=O) groups excluding carboxylic acids is 1. The molecule has 19 heavy (non-hydrogen) atoms. The van der Waals surface area contributed by atoms with Gasteiger partial charge in [-0.3, -0.25) is 4.79 Å². The Kier molecular flexibility index (Phi) is 3.99. The average Bonchev–Trinajstić information content (AvgIpc) is 2.90. The molecule has 2 aromatic rings. The van der Waals surface area contributed by atoms with Crippen LogP contribution in [0, 0.1) is 11.3 Å². The lowest BCUT2D eigenvalue weighted by Gasteiger charge is -2.03. The van der Waals surface area contributed by atoms with Gasteiger partial charge in [-0.15, -0.1) is 0 Å². The van der Waals surface area contributed by atoms with E-state index in [-0.39, 0.29) is 5.91 Å². The second-order valence-electron chi connectivity index (χ2n) is 4.11. The first kappa shape index (κ1) is 12.9. The molecule has 0 aliphatic carbocycles. The first-order chi connectivity index (χ1) is 9.22. The zero-order valence-electron chi connectivity index (χ0n) is 10.6. The van der Waals surface area contributed by atoms with Crippen LogP contribution < -0.4 is 5.32 Å². The van der Waals surface area contributed by atoms with Crippen molar-refractivity contribution < 1.29 is 9.21 Å². The quantitative estimate of drug-likeness (QED) is 0.911. The molecule has 0 spiro atoms. The van der Waals surface area contributed by atoms with Gasteiger partial charge < -0.3 is 9.73 Å². The van der Waals surface area contributed by atoms with E-state index in [9.17, 15) is 4.79 Å². The summed E-state index contributed by atoms with van der Waals surface area (Å²) in [5.74, 6) is 0.820. The predicted octanol–water partition coefficient (Wildman–Crippen LogP) is 3.16. The van der Waals surface area contributed by atoms with Crippen molar-refractivity contribution in [1.82, 2.24) is 0 Å². The van der Waals surface area contributed by atoms with Gasteiger partial charge in [0, 0.05) is 12.1 Å². The summed E-state index contributed by atoms with van der Waals surface area (Å²) >= 11 is 0. The smallest absolute Gasteiger partial charge is 0.291 e. The highest BCUT2D eigenvalue weighted by Gasteiger charge is 2.10. The molecular weight excluding hydrogens is 240 g/mol. The third-order valence-corrected chi connectivity index (χ3v) is 2.73. The van der Waals surface area contributed by atoms with Crippen LogP contribution in [0.25, 0.3) is 0 Å². The summed E-state index contributed by atoms with van der Waals surface area (Å²) in [6.45, 7) is 1.97. The van der Waals surface area contributed by atoms with E-state index < -0.39 is 0 Å². The lowest BCUT2D eigenvalue weighted by Crippen LogP contribution is -2.10. The molecule has 0 unspecified atom stereocenters. The number of anilines is 1. The maximum atomic E-state index is 11.9. The molecule has 0 aliphatic rings. The zero-order valence-corrected chi connectivity index (χ0v) is 10.6. The summed E-state index contributed by atoms with van der Waals surface area (Å²) < 4.78 is 5.37. The van der Waals surface area contributed by atoms with Gasteiger partial charge in [0.2, 0.25) is 0 Å². The molecule has 0 saturated heterocycles. The second kappa shape index (κ2) is 5.87. The van der Waals surface area contributed by atoms with Crippen LogP contribution in [0.2, 0.25) is 0 Å². The molecule has 1 N–H and O–H groups in total. The predicted molar refractivity (Wildman–Crippen MR) is 71.8 cm³/mol. The highest BCUT2D eigenvalue weighted by atomic mass is 16.3. The van der Waals surface area contributed by atoms with Gasteiger partial charge in [0.05, 0.1) is 12.5 Å². The molecular formula is C15H14N2O2. The molecule has 1 aromatic heterocycles. The zero-order chi connectivity index (χ0) is 13.7. The SMILES string of the molecule is CCc1ccc(C(=O)Nc2ccc(CC#N)cc2)o1. The summed E-state index contributed by atoms with van der Waals surface area (Å²) in [5.41, 5.74) is 1.60. The number of nitrogens with zero attached hydrogens (tertiary/aromatic N) is 1. The Bertz CT molecular complexity index is 606. The van der Waals surface area contributed by atoms with Gasteiger partial charge in [-0.1, -0.05) is 19.1 Å². The molecule has 1 heterocycles. The molecule has 0 bridgehead atoms. The van der Waals surface area contributed by atoms with Crippen LogP contribution in [-0.4, -0.2) is 5.91 Å². The minimum Gasteiger partial charge on any atom is -0.456 e. The third kappa shape index (κ3) is 3.23. The van der Waals surface area contributed by atoms with Crippen molar-refractivity contribution in [3.05, 3.63) is 53.5 Å². The summed E-state index contributed by atoms with van der Waals surface area (Å²) in [6, 6.07) is 12.7. The Labute approximate surface area is 111 Å². The monoisotopic (exact) mass is 254 g/mol. The van der Waals surface area contributed by atoms with Gasteiger partial charge in [0.15, 0.2) is 5.76 Å². The molecule has 1 aromatic carbocycles. The number of aryl methyl sites for hydroxylation is 1. The van der Waals surface area contributed by atoms with Crippen molar-refractivity contribution in [1.29, 1.82) is 5.26 Å². The topological polar surface area (TPSA) is 66.0 Å². The molecule has 0 fully saturated rings. The standard InChI is InChI=1S/C15H14N2O2/c1-2-13-7-8-14(19-13)15(18)17-12-5-3-11(4-6-12)9-10-16/h3-8H,2,9H2,1H3,(H,17,18). The van der Waals surface area contributed by atoms with Gasteiger partial charge in [-0.2, -0.15) is 5.26 Å². The number of hydrogen-bond donors (Lipinski definition) is 1. The Morgan fingerprint density at radius 3 is 2.58 bits per heavy atom. The van der Waals surface area contributed by atoms with Crippen molar-refractivity contribution >= 4 is 11.6 Å². The van der Waals surface area contributed by atoms with Crippen LogP contribution in [0.15, 0.2) is 40.8 Å². The summed E-state index contributed by atoms with van der Waals surface area (Å²) in [4.78, 5) is 11.9. The molecule has 4 nitrogen and oxygen atoms in total. The summed E-state index contributed by atoms with van der Waals surface area (Å²) in [7, 11) is 0. The molecule has 4 heteroatoms. The second-order valence-corrected chi connectivity index (χ2v) is 4.11. The Morgan fingerprint density at radius 1 is 1.26 bits per heavy atom. The molecule has 0 atom stereocenters. The molecule has 0 aliphatic heterocycles. The molecule has 96 valence electrons.